The van der Waals surface area contributed by atoms with Crippen LogP contribution in [0.4, 0.5) is 8.78 Å². The van der Waals surface area contributed by atoms with Crippen molar-refractivity contribution < 1.29 is 13.5 Å². The average Bonchev–Trinajstić information content (AvgIpc) is 3.02. The van der Waals surface area contributed by atoms with Crippen LogP contribution in [-0.4, -0.2) is 31.6 Å². The molecule has 0 bridgehead atoms. The second-order valence-electron chi connectivity index (χ2n) is 6.40. The van der Waals surface area contributed by atoms with Crippen LogP contribution in [0, 0.1) is 25.5 Å². The monoisotopic (exact) mass is 381 g/mol. The van der Waals surface area contributed by atoms with Gasteiger partial charge in [-0.2, -0.15) is 0 Å². The minimum Gasteiger partial charge on any atom is -0.497 e. The van der Waals surface area contributed by atoms with Crippen molar-refractivity contribution in [2.75, 3.05) is 7.11 Å². The predicted molar refractivity (Wildman–Crippen MR) is 100 cm³/mol. The Bertz CT molecular complexity index is 1190. The second-order valence-corrected chi connectivity index (χ2v) is 6.40. The van der Waals surface area contributed by atoms with Crippen molar-refractivity contribution in [3.63, 3.8) is 0 Å². The van der Waals surface area contributed by atoms with Crippen LogP contribution in [0.5, 0.6) is 5.75 Å². The Hall–Kier alpha value is -3.42. The molecule has 0 aliphatic carbocycles. The molecule has 0 spiro atoms. The molecule has 0 saturated heterocycles. The summed E-state index contributed by atoms with van der Waals surface area (Å²) in [4.78, 5) is 17.4. The summed E-state index contributed by atoms with van der Waals surface area (Å²) >= 11 is 0. The molecule has 0 atom stereocenters. The molecule has 0 saturated carbocycles. The van der Waals surface area contributed by atoms with Gasteiger partial charge in [-0.25, -0.2) is 23.7 Å². The lowest BCUT2D eigenvalue weighted by Crippen LogP contribution is -2.06. The highest BCUT2D eigenvalue weighted by atomic mass is 19.1. The number of hydrogen-bond acceptors (Lipinski definition) is 5. The van der Waals surface area contributed by atoms with E-state index in [0.717, 1.165) is 6.20 Å². The Morgan fingerprint density at radius 3 is 2.57 bits per heavy atom. The van der Waals surface area contributed by atoms with Crippen LogP contribution in [0.3, 0.4) is 0 Å². The highest BCUT2D eigenvalue weighted by Gasteiger charge is 2.19. The van der Waals surface area contributed by atoms with Crippen molar-refractivity contribution in [3.8, 4) is 17.1 Å². The number of pyridine rings is 1. The maximum atomic E-state index is 14.6. The standard InChI is InChI=1S/C20H17F2N5O/c1-11-18-20(25-12(2)24-11)27(10-13-4-5-16(28-3)7-17(13)22)19(26-18)14-6-15(21)9-23-8-14/h4-9H,10H2,1-3H3. The molecule has 0 radical (unpaired) electrons. The molecule has 28 heavy (non-hydrogen) atoms. The molecule has 0 aliphatic rings. The van der Waals surface area contributed by atoms with E-state index in [4.69, 9.17) is 4.74 Å². The number of fused-ring (bicyclic) bond motifs is 1. The summed E-state index contributed by atoms with van der Waals surface area (Å²) in [5.41, 5.74) is 2.74. The molecular formula is C20H17F2N5O. The predicted octanol–water partition coefficient (Wildman–Crippen LogP) is 3.84. The van der Waals surface area contributed by atoms with Crippen molar-refractivity contribution in [3.05, 3.63) is 65.4 Å². The van der Waals surface area contributed by atoms with Crippen LogP contribution in [0.1, 0.15) is 17.1 Å². The smallest absolute Gasteiger partial charge is 0.164 e. The number of hydrogen-bond donors (Lipinski definition) is 0. The fourth-order valence-corrected chi connectivity index (χ4v) is 3.13. The first-order chi connectivity index (χ1) is 13.5. The molecule has 0 fully saturated rings. The van der Waals surface area contributed by atoms with Gasteiger partial charge < -0.3 is 9.30 Å². The first-order valence-electron chi connectivity index (χ1n) is 8.61. The van der Waals surface area contributed by atoms with Gasteiger partial charge in [0.1, 0.15) is 34.5 Å². The molecular weight excluding hydrogens is 364 g/mol. The first kappa shape index (κ1) is 18.0. The van der Waals surface area contributed by atoms with Gasteiger partial charge in [0.2, 0.25) is 0 Å². The number of rotatable bonds is 4. The lowest BCUT2D eigenvalue weighted by molar-refractivity contribution is 0.410. The number of nitrogens with zero attached hydrogens (tertiary/aromatic N) is 5. The molecule has 0 N–H and O–H groups in total. The minimum absolute atomic E-state index is 0.161. The van der Waals surface area contributed by atoms with E-state index >= 15 is 0 Å². The Kier molecular flexibility index (Phi) is 4.46. The van der Waals surface area contributed by atoms with Gasteiger partial charge >= 0.3 is 0 Å². The summed E-state index contributed by atoms with van der Waals surface area (Å²) in [5.74, 6) is 0.559. The molecule has 3 heterocycles. The van der Waals surface area contributed by atoms with Crippen LogP contribution >= 0.6 is 0 Å². The quantitative estimate of drug-likeness (QED) is 0.537. The van der Waals surface area contributed by atoms with Gasteiger partial charge in [-0.3, -0.25) is 4.98 Å². The van der Waals surface area contributed by atoms with Gasteiger partial charge in [0.05, 0.1) is 25.5 Å². The Balaban J connectivity index is 1.93. The van der Waals surface area contributed by atoms with Gasteiger partial charge in [0.15, 0.2) is 5.65 Å². The number of imidazole rings is 1. The number of aryl methyl sites for hydroxylation is 2. The fourth-order valence-electron chi connectivity index (χ4n) is 3.13. The molecule has 0 unspecified atom stereocenters. The minimum atomic E-state index is -0.481. The fraction of sp³-hybridized carbons (Fsp3) is 0.200. The zero-order chi connectivity index (χ0) is 19.8. The summed E-state index contributed by atoms with van der Waals surface area (Å²) < 4.78 is 35.1. The van der Waals surface area contributed by atoms with Gasteiger partial charge in [-0.05, 0) is 26.0 Å². The van der Waals surface area contributed by atoms with Gasteiger partial charge in [-0.15, -0.1) is 0 Å². The van der Waals surface area contributed by atoms with Crippen molar-refractivity contribution in [1.29, 1.82) is 0 Å². The second kappa shape index (κ2) is 6.95. The molecule has 4 rings (SSSR count). The summed E-state index contributed by atoms with van der Waals surface area (Å²) in [6.07, 6.45) is 2.63. The molecule has 142 valence electrons. The van der Waals surface area contributed by atoms with Gasteiger partial charge in [0, 0.05) is 23.4 Å². The number of aromatic nitrogens is 5. The van der Waals surface area contributed by atoms with E-state index in [2.05, 4.69) is 19.9 Å². The topological polar surface area (TPSA) is 65.7 Å². The normalized spacial score (nSPS) is 11.2. The third kappa shape index (κ3) is 3.17. The highest BCUT2D eigenvalue weighted by molar-refractivity contribution is 5.79. The van der Waals surface area contributed by atoms with E-state index < -0.39 is 11.6 Å². The van der Waals surface area contributed by atoms with Crippen LogP contribution in [0.15, 0.2) is 36.7 Å². The molecule has 8 heteroatoms. The maximum Gasteiger partial charge on any atom is 0.164 e. The Labute approximate surface area is 159 Å². The zero-order valence-electron chi connectivity index (χ0n) is 15.6. The highest BCUT2D eigenvalue weighted by Crippen LogP contribution is 2.27. The molecule has 0 aliphatic heterocycles. The summed E-state index contributed by atoms with van der Waals surface area (Å²) in [5, 5.41) is 0. The molecule has 3 aromatic heterocycles. The van der Waals surface area contributed by atoms with Crippen molar-refractivity contribution in [1.82, 2.24) is 24.5 Å². The van der Waals surface area contributed by atoms with Crippen molar-refractivity contribution in [2.45, 2.75) is 20.4 Å². The summed E-state index contributed by atoms with van der Waals surface area (Å²) in [6, 6.07) is 6.00. The Morgan fingerprint density at radius 1 is 1.04 bits per heavy atom. The van der Waals surface area contributed by atoms with Crippen LogP contribution in [0.25, 0.3) is 22.6 Å². The number of benzene rings is 1. The van der Waals surface area contributed by atoms with E-state index in [1.54, 1.807) is 23.6 Å². The SMILES string of the molecule is COc1ccc(Cn2c(-c3cncc(F)c3)nc3c(C)nc(C)nc32)c(F)c1. The molecule has 0 amide bonds. The van der Waals surface area contributed by atoms with E-state index in [1.165, 1.54) is 25.4 Å². The lowest BCUT2D eigenvalue weighted by Gasteiger charge is -2.11. The lowest BCUT2D eigenvalue weighted by atomic mass is 10.2. The molecule has 6 nitrogen and oxygen atoms in total. The van der Waals surface area contributed by atoms with Crippen LogP contribution < -0.4 is 4.74 Å². The molecule has 4 aromatic rings. The van der Waals surface area contributed by atoms with E-state index in [1.807, 2.05) is 6.92 Å². The van der Waals surface area contributed by atoms with Crippen LogP contribution in [0.2, 0.25) is 0 Å². The van der Waals surface area contributed by atoms with Gasteiger partial charge in [-0.1, -0.05) is 6.07 Å². The molecule has 1 aromatic carbocycles. The van der Waals surface area contributed by atoms with Gasteiger partial charge in [0.25, 0.3) is 0 Å². The summed E-state index contributed by atoms with van der Waals surface area (Å²) in [6.45, 7) is 3.77. The van der Waals surface area contributed by atoms with Crippen LogP contribution in [-0.2, 0) is 6.54 Å². The third-order valence-corrected chi connectivity index (χ3v) is 4.43. The number of methoxy groups -OCH3 is 1. The number of halogens is 2. The van der Waals surface area contributed by atoms with E-state index in [9.17, 15) is 8.78 Å². The van der Waals surface area contributed by atoms with Crippen molar-refractivity contribution in [2.24, 2.45) is 0 Å². The summed E-state index contributed by atoms with van der Waals surface area (Å²) in [7, 11) is 1.48. The Morgan fingerprint density at radius 2 is 1.86 bits per heavy atom. The number of ether oxygens (including phenoxy) is 1. The maximum absolute atomic E-state index is 14.6. The first-order valence-corrected chi connectivity index (χ1v) is 8.61. The largest absolute Gasteiger partial charge is 0.497 e. The third-order valence-electron chi connectivity index (χ3n) is 4.43. The van der Waals surface area contributed by atoms with E-state index in [-0.39, 0.29) is 6.54 Å². The average molecular weight is 381 g/mol. The van der Waals surface area contributed by atoms with E-state index in [0.29, 0.717) is 45.4 Å². The zero-order valence-corrected chi connectivity index (χ0v) is 15.6. The van der Waals surface area contributed by atoms with Crippen molar-refractivity contribution >= 4 is 11.2 Å².